The lowest BCUT2D eigenvalue weighted by Crippen LogP contribution is -2.59. The van der Waals surface area contributed by atoms with Gasteiger partial charge in [0, 0.05) is 49.7 Å². The van der Waals surface area contributed by atoms with Gasteiger partial charge in [-0.2, -0.15) is 0 Å². The standard InChI is InChI=1S/2C14H20N4/c1-6-18-7-2-12(1)9-14(18)3-8-17(11-14)13-10-15-4-5-16-13;1-4-18-5-2-12(1)7-14(18)3-6-17(10-14)13-8-15-11-16-9-13/h4-5,10,12H,1-3,6-9,11H2;8-9,11-12H,1-7,10H2. The summed E-state index contributed by atoms with van der Waals surface area (Å²) in [5, 5.41) is 0. The molecule has 8 fully saturated rings. The van der Waals surface area contributed by atoms with Gasteiger partial charge in [0.25, 0.3) is 0 Å². The highest BCUT2D eigenvalue weighted by molar-refractivity contribution is 5.44. The molecule has 2 aromatic heterocycles. The molecule has 0 N–H and O–H groups in total. The number of piperidine rings is 6. The Morgan fingerprint density at radius 3 is 1.75 bits per heavy atom. The summed E-state index contributed by atoms with van der Waals surface area (Å²) in [7, 11) is 0. The molecule has 192 valence electrons. The molecule has 10 heterocycles. The molecule has 4 bridgehead atoms. The van der Waals surface area contributed by atoms with Crippen LogP contribution in [0.4, 0.5) is 11.5 Å². The summed E-state index contributed by atoms with van der Waals surface area (Å²) >= 11 is 0. The molecule has 8 aliphatic heterocycles. The van der Waals surface area contributed by atoms with Gasteiger partial charge in [-0.05, 0) is 89.4 Å². The van der Waals surface area contributed by atoms with Crippen molar-refractivity contribution < 1.29 is 0 Å². The monoisotopic (exact) mass is 488 g/mol. The number of rotatable bonds is 2. The molecular weight excluding hydrogens is 448 g/mol. The fourth-order valence-corrected chi connectivity index (χ4v) is 8.44. The van der Waals surface area contributed by atoms with Crippen LogP contribution in [0.25, 0.3) is 0 Å². The minimum Gasteiger partial charge on any atom is -0.367 e. The molecule has 8 aliphatic rings. The van der Waals surface area contributed by atoms with Crippen molar-refractivity contribution in [3.63, 3.8) is 0 Å². The predicted octanol–water partition coefficient (Wildman–Crippen LogP) is 3.08. The average Bonchev–Trinajstić information content (AvgIpc) is 3.56. The van der Waals surface area contributed by atoms with Crippen LogP contribution in [0, 0.1) is 11.8 Å². The molecule has 0 saturated carbocycles. The Morgan fingerprint density at radius 1 is 0.639 bits per heavy atom. The van der Waals surface area contributed by atoms with Gasteiger partial charge < -0.3 is 9.80 Å². The lowest BCUT2D eigenvalue weighted by atomic mass is 9.74. The largest absolute Gasteiger partial charge is 0.367 e. The molecule has 2 atom stereocenters. The Hall–Kier alpha value is -2.32. The predicted molar refractivity (Wildman–Crippen MR) is 141 cm³/mol. The molecule has 2 unspecified atom stereocenters. The number of hydrogen-bond acceptors (Lipinski definition) is 8. The summed E-state index contributed by atoms with van der Waals surface area (Å²) in [5.41, 5.74) is 2.12. The maximum atomic E-state index is 4.45. The van der Waals surface area contributed by atoms with Crippen LogP contribution in [-0.4, -0.2) is 93.2 Å². The van der Waals surface area contributed by atoms with Crippen LogP contribution in [0.5, 0.6) is 0 Å². The van der Waals surface area contributed by atoms with Crippen LogP contribution in [0.2, 0.25) is 0 Å². The van der Waals surface area contributed by atoms with Crippen LogP contribution < -0.4 is 9.80 Å². The molecule has 2 spiro atoms. The minimum atomic E-state index is 0.457. The van der Waals surface area contributed by atoms with Crippen molar-refractivity contribution >= 4 is 11.5 Å². The van der Waals surface area contributed by atoms with E-state index in [1.165, 1.54) is 89.8 Å². The van der Waals surface area contributed by atoms with Crippen molar-refractivity contribution in [2.24, 2.45) is 11.8 Å². The van der Waals surface area contributed by atoms with E-state index >= 15 is 0 Å². The topological polar surface area (TPSA) is 64.5 Å². The maximum Gasteiger partial charge on any atom is 0.147 e. The van der Waals surface area contributed by atoms with Crippen molar-refractivity contribution in [2.75, 3.05) is 62.2 Å². The van der Waals surface area contributed by atoms with Crippen molar-refractivity contribution in [3.05, 3.63) is 37.3 Å². The van der Waals surface area contributed by atoms with Crippen molar-refractivity contribution in [1.29, 1.82) is 0 Å². The molecule has 8 nitrogen and oxygen atoms in total. The molecular formula is C28H40N8. The third-order valence-electron chi connectivity index (χ3n) is 10.4. The summed E-state index contributed by atoms with van der Waals surface area (Å²) in [4.78, 5) is 27.3. The van der Waals surface area contributed by atoms with Gasteiger partial charge in [-0.15, -0.1) is 0 Å². The third-order valence-corrected chi connectivity index (χ3v) is 10.4. The van der Waals surface area contributed by atoms with Gasteiger partial charge in [0.2, 0.25) is 0 Å². The molecule has 2 aromatic rings. The summed E-state index contributed by atoms with van der Waals surface area (Å²) in [6.07, 6.45) is 22.1. The summed E-state index contributed by atoms with van der Waals surface area (Å²) in [6.45, 7) is 9.92. The maximum absolute atomic E-state index is 4.45. The Kier molecular flexibility index (Phi) is 5.84. The summed E-state index contributed by atoms with van der Waals surface area (Å²) in [6, 6.07) is 0. The number of hydrogen-bond donors (Lipinski definition) is 0. The van der Waals surface area contributed by atoms with E-state index in [0.717, 1.165) is 37.3 Å². The van der Waals surface area contributed by atoms with Crippen LogP contribution >= 0.6 is 0 Å². The smallest absolute Gasteiger partial charge is 0.147 e. The fraction of sp³-hybridized carbons (Fsp3) is 0.714. The highest BCUT2D eigenvalue weighted by Gasteiger charge is 2.50. The zero-order valence-electron chi connectivity index (χ0n) is 21.5. The molecule has 0 radical (unpaired) electrons. The number of nitrogens with zero attached hydrogens (tertiary/aromatic N) is 8. The average molecular weight is 489 g/mol. The van der Waals surface area contributed by atoms with Crippen molar-refractivity contribution in [3.8, 4) is 0 Å². The van der Waals surface area contributed by atoms with Gasteiger partial charge in [-0.1, -0.05) is 0 Å². The van der Waals surface area contributed by atoms with E-state index in [9.17, 15) is 0 Å². The first-order chi connectivity index (χ1) is 17.7. The number of anilines is 2. The van der Waals surface area contributed by atoms with Crippen LogP contribution in [-0.2, 0) is 0 Å². The first-order valence-electron chi connectivity index (χ1n) is 14.2. The molecule has 0 amide bonds. The fourth-order valence-electron chi connectivity index (χ4n) is 8.44. The summed E-state index contributed by atoms with van der Waals surface area (Å²) < 4.78 is 0. The first kappa shape index (κ1) is 22.8. The van der Waals surface area contributed by atoms with Crippen LogP contribution in [0.15, 0.2) is 37.3 Å². The Balaban J connectivity index is 0.000000122. The Morgan fingerprint density at radius 2 is 1.22 bits per heavy atom. The highest BCUT2D eigenvalue weighted by Crippen LogP contribution is 2.46. The lowest BCUT2D eigenvalue weighted by Gasteiger charge is -2.52. The molecule has 36 heavy (non-hydrogen) atoms. The normalized spacial score (nSPS) is 38.6. The molecule has 8 heteroatoms. The second kappa shape index (κ2) is 9.21. The molecule has 8 saturated heterocycles. The van der Waals surface area contributed by atoms with Crippen LogP contribution in [0.1, 0.15) is 51.4 Å². The van der Waals surface area contributed by atoms with E-state index in [2.05, 4.69) is 39.5 Å². The van der Waals surface area contributed by atoms with E-state index in [-0.39, 0.29) is 0 Å². The van der Waals surface area contributed by atoms with Crippen molar-refractivity contribution in [1.82, 2.24) is 29.7 Å². The Labute approximate surface area is 215 Å². The number of fused-ring (bicyclic) bond motifs is 4. The van der Waals surface area contributed by atoms with Gasteiger partial charge in [0.05, 0.1) is 24.3 Å². The molecule has 0 aromatic carbocycles. The molecule has 10 rings (SSSR count). The van der Waals surface area contributed by atoms with E-state index in [0.29, 0.717) is 11.1 Å². The summed E-state index contributed by atoms with van der Waals surface area (Å²) in [5.74, 6) is 3.02. The highest BCUT2D eigenvalue weighted by atomic mass is 15.3. The van der Waals surface area contributed by atoms with Gasteiger partial charge >= 0.3 is 0 Å². The zero-order valence-corrected chi connectivity index (χ0v) is 21.5. The van der Waals surface area contributed by atoms with E-state index in [1.807, 2.05) is 18.6 Å². The minimum absolute atomic E-state index is 0.457. The second-order valence-corrected chi connectivity index (χ2v) is 12.2. The van der Waals surface area contributed by atoms with Gasteiger partial charge in [-0.3, -0.25) is 14.8 Å². The van der Waals surface area contributed by atoms with E-state index < -0.39 is 0 Å². The number of aromatic nitrogens is 4. The van der Waals surface area contributed by atoms with E-state index in [1.54, 1.807) is 18.7 Å². The quantitative estimate of drug-likeness (QED) is 0.639. The van der Waals surface area contributed by atoms with Gasteiger partial charge in [0.1, 0.15) is 12.1 Å². The van der Waals surface area contributed by atoms with Crippen LogP contribution in [0.3, 0.4) is 0 Å². The zero-order chi connectivity index (χ0) is 24.0. The van der Waals surface area contributed by atoms with Gasteiger partial charge in [-0.25, -0.2) is 15.0 Å². The van der Waals surface area contributed by atoms with E-state index in [4.69, 9.17) is 0 Å². The lowest BCUT2D eigenvalue weighted by molar-refractivity contribution is -0.0158. The Bertz CT molecular complexity index is 937. The first-order valence-corrected chi connectivity index (χ1v) is 14.2. The third kappa shape index (κ3) is 4.06. The van der Waals surface area contributed by atoms with Crippen molar-refractivity contribution in [2.45, 2.75) is 62.4 Å². The van der Waals surface area contributed by atoms with Gasteiger partial charge in [0.15, 0.2) is 0 Å². The second-order valence-electron chi connectivity index (χ2n) is 12.2. The SMILES string of the molecule is c1cnc(N2CCC3(CC4CCN3CC4)C2)cn1.c1ncc(N2CCC3(CC4CCN3CC4)C2)cn1. The molecule has 0 aliphatic carbocycles.